The molecule has 3 N–H and O–H groups in total. The SMILES string of the molecule is Cc1c(C(=O)NC(C)c2cccc(S(N)(=O)=O)c2)oc2c(Cl)cccc12. The number of halogens is 1. The molecule has 1 amide bonds. The highest BCUT2D eigenvalue weighted by Gasteiger charge is 2.21. The average Bonchev–Trinajstić information content (AvgIpc) is 2.93. The van der Waals surface area contributed by atoms with Gasteiger partial charge in [0.15, 0.2) is 11.3 Å². The van der Waals surface area contributed by atoms with E-state index in [0.29, 0.717) is 21.7 Å². The van der Waals surface area contributed by atoms with Gasteiger partial charge in [-0.05, 0) is 37.6 Å². The van der Waals surface area contributed by atoms with Gasteiger partial charge in [-0.25, -0.2) is 13.6 Å². The van der Waals surface area contributed by atoms with E-state index in [1.165, 1.54) is 12.1 Å². The fourth-order valence-electron chi connectivity index (χ4n) is 2.73. The van der Waals surface area contributed by atoms with Crippen molar-refractivity contribution in [3.05, 3.63) is 64.4 Å². The molecule has 0 aliphatic carbocycles. The topological polar surface area (TPSA) is 102 Å². The van der Waals surface area contributed by atoms with Gasteiger partial charge in [0.05, 0.1) is 16.0 Å². The van der Waals surface area contributed by atoms with Crippen molar-refractivity contribution in [1.29, 1.82) is 0 Å². The Hall–Kier alpha value is -2.35. The number of amides is 1. The Morgan fingerprint density at radius 1 is 1.23 bits per heavy atom. The van der Waals surface area contributed by atoms with Gasteiger partial charge in [0.25, 0.3) is 5.91 Å². The van der Waals surface area contributed by atoms with Gasteiger partial charge in [-0.1, -0.05) is 35.9 Å². The standard InChI is InChI=1S/C18H17ClN2O4S/c1-10-14-7-4-8-15(19)17(14)25-16(10)18(22)21-11(2)12-5-3-6-13(9-12)26(20,23)24/h3-9,11H,1-2H3,(H,21,22)(H2,20,23,24). The van der Waals surface area contributed by atoms with Gasteiger partial charge in [0.1, 0.15) is 0 Å². The van der Waals surface area contributed by atoms with Crippen molar-refractivity contribution in [2.75, 3.05) is 0 Å². The number of fused-ring (bicyclic) bond motifs is 1. The van der Waals surface area contributed by atoms with E-state index in [1.807, 2.05) is 6.07 Å². The van der Waals surface area contributed by atoms with Gasteiger partial charge in [0.2, 0.25) is 10.0 Å². The fraction of sp³-hybridized carbons (Fsp3) is 0.167. The number of hydrogen-bond acceptors (Lipinski definition) is 4. The van der Waals surface area contributed by atoms with Crippen LogP contribution >= 0.6 is 11.6 Å². The van der Waals surface area contributed by atoms with E-state index in [9.17, 15) is 13.2 Å². The lowest BCUT2D eigenvalue weighted by molar-refractivity contribution is 0.0913. The number of nitrogens with one attached hydrogen (secondary N) is 1. The third-order valence-corrected chi connectivity index (χ3v) is 5.36. The molecule has 0 bridgehead atoms. The van der Waals surface area contributed by atoms with E-state index >= 15 is 0 Å². The van der Waals surface area contributed by atoms with Crippen molar-refractivity contribution in [1.82, 2.24) is 5.32 Å². The Bertz CT molecular complexity index is 1110. The van der Waals surface area contributed by atoms with Gasteiger partial charge in [-0.2, -0.15) is 0 Å². The van der Waals surface area contributed by atoms with E-state index in [4.69, 9.17) is 21.2 Å². The minimum absolute atomic E-state index is 0.0113. The van der Waals surface area contributed by atoms with Crippen LogP contribution in [0.15, 0.2) is 51.8 Å². The summed E-state index contributed by atoms with van der Waals surface area (Å²) in [5.74, 6) is -0.245. The lowest BCUT2D eigenvalue weighted by Gasteiger charge is -2.14. The van der Waals surface area contributed by atoms with Gasteiger partial charge >= 0.3 is 0 Å². The van der Waals surface area contributed by atoms with Gasteiger partial charge in [-0.3, -0.25) is 4.79 Å². The molecule has 1 heterocycles. The van der Waals surface area contributed by atoms with Crippen LogP contribution in [0.25, 0.3) is 11.0 Å². The summed E-state index contributed by atoms with van der Waals surface area (Å²) in [6.45, 7) is 3.52. The van der Waals surface area contributed by atoms with Crippen LogP contribution in [0.1, 0.15) is 34.6 Å². The lowest BCUT2D eigenvalue weighted by Crippen LogP contribution is -2.27. The van der Waals surface area contributed by atoms with Crippen LogP contribution < -0.4 is 10.5 Å². The first kappa shape index (κ1) is 18.4. The number of benzene rings is 2. The molecule has 3 aromatic rings. The quantitative estimate of drug-likeness (QED) is 0.708. The molecule has 6 nitrogen and oxygen atoms in total. The van der Waals surface area contributed by atoms with Crippen molar-refractivity contribution < 1.29 is 17.6 Å². The van der Waals surface area contributed by atoms with Crippen LogP contribution in [-0.2, 0) is 10.0 Å². The number of rotatable bonds is 4. The highest BCUT2D eigenvalue weighted by molar-refractivity contribution is 7.89. The van der Waals surface area contributed by atoms with E-state index in [1.54, 1.807) is 38.1 Å². The van der Waals surface area contributed by atoms with Gasteiger partial charge in [-0.15, -0.1) is 0 Å². The number of aryl methyl sites for hydroxylation is 1. The largest absolute Gasteiger partial charge is 0.449 e. The fourth-order valence-corrected chi connectivity index (χ4v) is 3.51. The van der Waals surface area contributed by atoms with Gasteiger partial charge in [0, 0.05) is 10.9 Å². The summed E-state index contributed by atoms with van der Waals surface area (Å²) in [7, 11) is -3.81. The first-order chi connectivity index (χ1) is 12.2. The second-order valence-electron chi connectivity index (χ2n) is 5.99. The van der Waals surface area contributed by atoms with Crippen LogP contribution in [0.5, 0.6) is 0 Å². The Kier molecular flexibility index (Phi) is 4.79. The first-order valence-corrected chi connectivity index (χ1v) is 9.72. The van der Waals surface area contributed by atoms with E-state index < -0.39 is 22.0 Å². The summed E-state index contributed by atoms with van der Waals surface area (Å²) in [4.78, 5) is 12.6. The summed E-state index contributed by atoms with van der Waals surface area (Å²) in [5.41, 5.74) is 1.75. The molecule has 1 aromatic heterocycles. The number of hydrogen-bond donors (Lipinski definition) is 2. The maximum Gasteiger partial charge on any atom is 0.287 e. The Morgan fingerprint density at radius 3 is 2.58 bits per heavy atom. The number of sulfonamides is 1. The highest BCUT2D eigenvalue weighted by Crippen LogP contribution is 2.31. The molecule has 0 aliphatic heterocycles. The summed E-state index contributed by atoms with van der Waals surface area (Å²) < 4.78 is 28.6. The molecule has 136 valence electrons. The number of carbonyl (C=O) groups is 1. The highest BCUT2D eigenvalue weighted by atomic mass is 35.5. The Labute approximate surface area is 156 Å². The van der Waals surface area contributed by atoms with Gasteiger partial charge < -0.3 is 9.73 Å². The summed E-state index contributed by atoms with van der Waals surface area (Å²) in [6.07, 6.45) is 0. The third kappa shape index (κ3) is 3.46. The Morgan fingerprint density at radius 2 is 1.92 bits per heavy atom. The molecule has 2 aromatic carbocycles. The van der Waals surface area contributed by atoms with E-state index in [2.05, 4.69) is 5.32 Å². The maximum absolute atomic E-state index is 12.6. The van der Waals surface area contributed by atoms with Crippen LogP contribution in [0.2, 0.25) is 5.02 Å². The minimum atomic E-state index is -3.81. The second kappa shape index (κ2) is 6.75. The Balaban J connectivity index is 1.89. The number of furan rings is 1. The molecule has 0 fully saturated rings. The molecule has 3 rings (SSSR count). The molecule has 0 saturated carbocycles. The molecule has 26 heavy (non-hydrogen) atoms. The molecule has 8 heteroatoms. The van der Waals surface area contributed by atoms with E-state index in [0.717, 1.165) is 5.39 Å². The molecule has 0 radical (unpaired) electrons. The average molecular weight is 393 g/mol. The third-order valence-electron chi connectivity index (χ3n) is 4.16. The monoisotopic (exact) mass is 392 g/mol. The van der Waals surface area contributed by atoms with Crippen molar-refractivity contribution in [2.45, 2.75) is 24.8 Å². The van der Waals surface area contributed by atoms with Crippen LogP contribution in [0.3, 0.4) is 0 Å². The summed E-state index contributed by atoms with van der Waals surface area (Å²) >= 11 is 6.11. The zero-order valence-electron chi connectivity index (χ0n) is 14.1. The molecule has 0 saturated heterocycles. The predicted molar refractivity (Wildman–Crippen MR) is 99.7 cm³/mol. The minimum Gasteiger partial charge on any atom is -0.449 e. The van der Waals surface area contributed by atoms with Crippen molar-refractivity contribution in [3.63, 3.8) is 0 Å². The molecular formula is C18H17ClN2O4S. The van der Waals surface area contributed by atoms with Crippen molar-refractivity contribution >= 4 is 38.5 Å². The maximum atomic E-state index is 12.6. The smallest absolute Gasteiger partial charge is 0.287 e. The van der Waals surface area contributed by atoms with Crippen molar-refractivity contribution in [3.8, 4) is 0 Å². The molecule has 0 aliphatic rings. The first-order valence-electron chi connectivity index (χ1n) is 7.79. The van der Waals surface area contributed by atoms with Crippen molar-refractivity contribution in [2.24, 2.45) is 5.14 Å². The van der Waals surface area contributed by atoms with E-state index in [-0.39, 0.29) is 10.7 Å². The lowest BCUT2D eigenvalue weighted by atomic mass is 10.1. The zero-order chi connectivity index (χ0) is 19.1. The van der Waals surface area contributed by atoms with Crippen LogP contribution in [-0.4, -0.2) is 14.3 Å². The summed E-state index contributed by atoms with van der Waals surface area (Å²) in [6, 6.07) is 11.0. The van der Waals surface area contributed by atoms with Crippen LogP contribution in [0, 0.1) is 6.92 Å². The summed E-state index contributed by atoms with van der Waals surface area (Å²) in [5, 5.41) is 9.15. The zero-order valence-corrected chi connectivity index (χ0v) is 15.7. The molecular weight excluding hydrogens is 376 g/mol. The number of carbonyl (C=O) groups excluding carboxylic acids is 1. The predicted octanol–water partition coefficient (Wildman–Crippen LogP) is 3.53. The molecule has 1 unspecified atom stereocenters. The number of primary sulfonamides is 1. The second-order valence-corrected chi connectivity index (χ2v) is 7.95. The number of para-hydroxylation sites is 1. The number of nitrogens with two attached hydrogens (primary N) is 1. The van der Waals surface area contributed by atoms with Crippen LogP contribution in [0.4, 0.5) is 0 Å². The molecule has 0 spiro atoms. The molecule has 1 atom stereocenters. The normalized spacial score (nSPS) is 12.9.